The second-order valence-electron chi connectivity index (χ2n) is 3.75. The summed E-state index contributed by atoms with van der Waals surface area (Å²) < 4.78 is 5.25. The first-order valence-corrected chi connectivity index (χ1v) is 5.45. The molecule has 1 unspecified atom stereocenters. The molecule has 6 heteroatoms. The molecule has 98 valence electrons. The SMILES string of the molecule is C=C(C)COCCNC(C)C(=O)NC(=O)NC. The summed E-state index contributed by atoms with van der Waals surface area (Å²) in [5.74, 6) is -0.371. The topological polar surface area (TPSA) is 79.5 Å². The molecule has 0 aliphatic heterocycles. The van der Waals surface area contributed by atoms with E-state index in [1.807, 2.05) is 6.92 Å². The number of rotatable bonds is 7. The average molecular weight is 243 g/mol. The van der Waals surface area contributed by atoms with Crippen LogP contribution < -0.4 is 16.0 Å². The van der Waals surface area contributed by atoms with E-state index in [4.69, 9.17) is 4.74 Å². The Bertz CT molecular complexity index is 279. The van der Waals surface area contributed by atoms with E-state index in [0.29, 0.717) is 19.8 Å². The zero-order valence-electron chi connectivity index (χ0n) is 10.6. The number of ether oxygens (including phenoxy) is 1. The Balaban J connectivity index is 3.64. The third-order valence-corrected chi connectivity index (χ3v) is 1.90. The minimum Gasteiger partial charge on any atom is -0.376 e. The Morgan fingerprint density at radius 2 is 2.06 bits per heavy atom. The van der Waals surface area contributed by atoms with Gasteiger partial charge in [-0.3, -0.25) is 10.1 Å². The number of carbonyl (C=O) groups is 2. The molecule has 0 saturated heterocycles. The van der Waals surface area contributed by atoms with E-state index in [2.05, 4.69) is 22.5 Å². The largest absolute Gasteiger partial charge is 0.376 e. The van der Waals surface area contributed by atoms with Gasteiger partial charge in [0.1, 0.15) is 0 Å². The highest BCUT2D eigenvalue weighted by molar-refractivity contribution is 5.96. The van der Waals surface area contributed by atoms with Gasteiger partial charge in [0.2, 0.25) is 5.91 Å². The van der Waals surface area contributed by atoms with Crippen LogP contribution >= 0.6 is 0 Å². The summed E-state index contributed by atoms with van der Waals surface area (Å²) in [4.78, 5) is 22.3. The number of imide groups is 1. The Labute approximate surface area is 102 Å². The molecule has 0 bridgehead atoms. The first kappa shape index (κ1) is 15.6. The molecule has 0 aromatic rings. The van der Waals surface area contributed by atoms with Crippen LogP contribution in [-0.2, 0) is 9.53 Å². The lowest BCUT2D eigenvalue weighted by Crippen LogP contribution is -2.47. The minimum atomic E-state index is -0.512. The molecule has 0 rings (SSSR count). The van der Waals surface area contributed by atoms with Gasteiger partial charge in [-0.1, -0.05) is 12.2 Å². The van der Waals surface area contributed by atoms with Gasteiger partial charge >= 0.3 is 6.03 Å². The van der Waals surface area contributed by atoms with Gasteiger partial charge in [0.05, 0.1) is 19.3 Å². The Kier molecular flexibility index (Phi) is 8.00. The summed E-state index contributed by atoms with van der Waals surface area (Å²) in [7, 11) is 1.45. The summed E-state index contributed by atoms with van der Waals surface area (Å²) in [6.45, 7) is 8.81. The summed E-state index contributed by atoms with van der Waals surface area (Å²) in [6.07, 6.45) is 0. The smallest absolute Gasteiger partial charge is 0.321 e. The van der Waals surface area contributed by atoms with Gasteiger partial charge in [0.25, 0.3) is 0 Å². The third-order valence-electron chi connectivity index (χ3n) is 1.90. The van der Waals surface area contributed by atoms with Crippen LogP contribution in [0, 0.1) is 0 Å². The van der Waals surface area contributed by atoms with Gasteiger partial charge in [-0.15, -0.1) is 0 Å². The van der Waals surface area contributed by atoms with E-state index in [1.165, 1.54) is 7.05 Å². The highest BCUT2D eigenvalue weighted by Crippen LogP contribution is 1.87. The van der Waals surface area contributed by atoms with Crippen molar-refractivity contribution in [1.82, 2.24) is 16.0 Å². The van der Waals surface area contributed by atoms with Crippen LogP contribution in [0.3, 0.4) is 0 Å². The lowest BCUT2D eigenvalue weighted by atomic mass is 10.3. The maximum atomic E-state index is 11.4. The van der Waals surface area contributed by atoms with Gasteiger partial charge in [0, 0.05) is 13.6 Å². The molecule has 0 spiro atoms. The van der Waals surface area contributed by atoms with Crippen LogP contribution in [0.1, 0.15) is 13.8 Å². The van der Waals surface area contributed by atoms with Crippen LogP contribution in [-0.4, -0.2) is 44.8 Å². The van der Waals surface area contributed by atoms with Crippen molar-refractivity contribution >= 4 is 11.9 Å². The molecule has 0 aliphatic carbocycles. The quantitative estimate of drug-likeness (QED) is 0.435. The Hall–Kier alpha value is -1.40. The summed E-state index contributed by atoms with van der Waals surface area (Å²) in [5, 5.41) is 7.43. The number of hydrogen-bond donors (Lipinski definition) is 3. The van der Waals surface area contributed by atoms with Gasteiger partial charge in [-0.05, 0) is 13.8 Å². The van der Waals surface area contributed by atoms with Crippen molar-refractivity contribution in [1.29, 1.82) is 0 Å². The Morgan fingerprint density at radius 1 is 1.41 bits per heavy atom. The molecule has 3 N–H and O–H groups in total. The maximum absolute atomic E-state index is 11.4. The number of carbonyl (C=O) groups excluding carboxylic acids is 2. The van der Waals surface area contributed by atoms with E-state index >= 15 is 0 Å². The second kappa shape index (κ2) is 8.72. The standard InChI is InChI=1S/C11H21N3O3/c1-8(2)7-17-6-5-13-9(3)10(15)14-11(16)12-4/h9,13H,1,5-7H2,2-4H3,(H2,12,14,15,16). The molecular weight excluding hydrogens is 222 g/mol. The normalized spacial score (nSPS) is 11.7. The number of hydrogen-bond acceptors (Lipinski definition) is 4. The third kappa shape index (κ3) is 8.41. The molecule has 0 aliphatic rings. The monoisotopic (exact) mass is 243 g/mol. The van der Waals surface area contributed by atoms with E-state index in [9.17, 15) is 9.59 Å². The fourth-order valence-corrected chi connectivity index (χ4v) is 0.969. The predicted octanol–water partition coefficient (Wildman–Crippen LogP) is 0.0128. The van der Waals surface area contributed by atoms with Crippen molar-refractivity contribution in [2.75, 3.05) is 26.8 Å². The van der Waals surface area contributed by atoms with Crippen LogP contribution in [0.2, 0.25) is 0 Å². The van der Waals surface area contributed by atoms with Crippen molar-refractivity contribution in [3.8, 4) is 0 Å². The van der Waals surface area contributed by atoms with E-state index in [1.54, 1.807) is 6.92 Å². The highest BCUT2D eigenvalue weighted by atomic mass is 16.5. The zero-order valence-corrected chi connectivity index (χ0v) is 10.6. The van der Waals surface area contributed by atoms with Crippen molar-refractivity contribution < 1.29 is 14.3 Å². The highest BCUT2D eigenvalue weighted by Gasteiger charge is 2.13. The molecule has 6 nitrogen and oxygen atoms in total. The molecule has 0 aromatic heterocycles. The summed E-state index contributed by atoms with van der Waals surface area (Å²) >= 11 is 0. The zero-order chi connectivity index (χ0) is 13.3. The number of amides is 3. The van der Waals surface area contributed by atoms with E-state index in [-0.39, 0.29) is 5.91 Å². The molecule has 17 heavy (non-hydrogen) atoms. The van der Waals surface area contributed by atoms with Crippen LogP contribution in [0.15, 0.2) is 12.2 Å². The fraction of sp³-hybridized carbons (Fsp3) is 0.636. The van der Waals surface area contributed by atoms with E-state index < -0.39 is 12.1 Å². The lowest BCUT2D eigenvalue weighted by molar-refractivity contribution is -0.121. The summed E-state index contributed by atoms with van der Waals surface area (Å²) in [6, 6.07) is -0.956. The van der Waals surface area contributed by atoms with Crippen molar-refractivity contribution in [2.45, 2.75) is 19.9 Å². The first-order chi connectivity index (χ1) is 7.97. The second-order valence-corrected chi connectivity index (χ2v) is 3.75. The first-order valence-electron chi connectivity index (χ1n) is 5.45. The number of nitrogens with one attached hydrogen (secondary N) is 3. The van der Waals surface area contributed by atoms with Gasteiger partial charge in [-0.25, -0.2) is 4.79 Å². The molecule has 0 fully saturated rings. The van der Waals surface area contributed by atoms with Crippen molar-refractivity contribution in [3.63, 3.8) is 0 Å². The van der Waals surface area contributed by atoms with Crippen LogP contribution in [0.5, 0.6) is 0 Å². The van der Waals surface area contributed by atoms with Gasteiger partial charge < -0.3 is 15.4 Å². The molecule has 0 saturated carbocycles. The van der Waals surface area contributed by atoms with Gasteiger partial charge in [0.15, 0.2) is 0 Å². The van der Waals surface area contributed by atoms with Crippen LogP contribution in [0.4, 0.5) is 4.79 Å². The molecule has 0 heterocycles. The molecule has 0 aromatic carbocycles. The van der Waals surface area contributed by atoms with Gasteiger partial charge in [-0.2, -0.15) is 0 Å². The van der Waals surface area contributed by atoms with Crippen molar-refractivity contribution in [2.24, 2.45) is 0 Å². The lowest BCUT2D eigenvalue weighted by Gasteiger charge is -2.13. The van der Waals surface area contributed by atoms with E-state index in [0.717, 1.165) is 5.57 Å². The molecule has 1 atom stereocenters. The molecule has 3 amide bonds. The minimum absolute atomic E-state index is 0.371. The van der Waals surface area contributed by atoms with Crippen molar-refractivity contribution in [3.05, 3.63) is 12.2 Å². The summed E-state index contributed by atoms with van der Waals surface area (Å²) in [5.41, 5.74) is 0.954. The number of urea groups is 1. The fourth-order valence-electron chi connectivity index (χ4n) is 0.969. The van der Waals surface area contributed by atoms with Crippen LogP contribution in [0.25, 0.3) is 0 Å². The Morgan fingerprint density at radius 3 is 2.59 bits per heavy atom. The molecule has 0 radical (unpaired) electrons. The maximum Gasteiger partial charge on any atom is 0.321 e. The molecular formula is C11H21N3O3. The predicted molar refractivity (Wildman–Crippen MR) is 65.7 cm³/mol. The average Bonchev–Trinajstić information content (AvgIpc) is 2.27.